The zero-order valence-corrected chi connectivity index (χ0v) is 15.5. The van der Waals surface area contributed by atoms with Crippen molar-refractivity contribution in [3.05, 3.63) is 0 Å². The largest absolute Gasteiger partial charge is 0.389 e. The van der Waals surface area contributed by atoms with Gasteiger partial charge in [-0.05, 0) is 86.4 Å². The maximum Gasteiger partial charge on any atom is 0.282 e. The van der Waals surface area contributed by atoms with E-state index in [0.717, 1.165) is 44.9 Å². The lowest BCUT2D eigenvalue weighted by Gasteiger charge is -2.55. The SMILES string of the molecule is C[C@]12CC[C@@H]3[C@H]4CC[C@@]5(O)C([C@@H]4CC[C@H]3[C@@H]1CC[C@@H]2C(=O)CO)C5(F)F. The Labute approximate surface area is 153 Å². The topological polar surface area (TPSA) is 57.5 Å². The van der Waals surface area contributed by atoms with Gasteiger partial charge in [0.2, 0.25) is 0 Å². The van der Waals surface area contributed by atoms with Gasteiger partial charge in [-0.3, -0.25) is 4.79 Å². The Morgan fingerprint density at radius 2 is 1.62 bits per heavy atom. The number of hydrogen-bond donors (Lipinski definition) is 2. The Kier molecular flexibility index (Phi) is 3.56. The number of rotatable bonds is 2. The first kappa shape index (κ1) is 17.5. The van der Waals surface area contributed by atoms with Crippen molar-refractivity contribution in [3.8, 4) is 0 Å². The second-order valence-corrected chi connectivity index (χ2v) is 10.2. The number of aliphatic hydroxyl groups is 2. The average Bonchev–Trinajstić information content (AvgIpc) is 2.89. The van der Waals surface area contributed by atoms with Gasteiger partial charge in [0.1, 0.15) is 12.2 Å². The van der Waals surface area contributed by atoms with Crippen molar-refractivity contribution in [1.29, 1.82) is 0 Å². The molecule has 0 aromatic heterocycles. The van der Waals surface area contributed by atoms with Crippen molar-refractivity contribution in [2.24, 2.45) is 46.8 Å². The molecular weight excluding hydrogens is 338 g/mol. The summed E-state index contributed by atoms with van der Waals surface area (Å²) in [6.45, 7) is 1.88. The number of fused-ring (bicyclic) bond motifs is 7. The zero-order valence-electron chi connectivity index (χ0n) is 15.5. The number of carbonyl (C=O) groups excluding carboxylic acids is 1. The highest BCUT2D eigenvalue weighted by Crippen LogP contribution is 2.73. The Hall–Kier alpha value is -0.550. The average molecular weight is 368 g/mol. The zero-order chi connectivity index (χ0) is 18.5. The first-order valence-electron chi connectivity index (χ1n) is 10.5. The van der Waals surface area contributed by atoms with Crippen LogP contribution in [0.3, 0.4) is 0 Å². The molecule has 0 spiro atoms. The van der Waals surface area contributed by atoms with E-state index in [1.54, 1.807) is 0 Å². The van der Waals surface area contributed by atoms with Gasteiger partial charge in [-0.1, -0.05) is 6.92 Å². The van der Waals surface area contributed by atoms with Gasteiger partial charge in [0.15, 0.2) is 5.78 Å². The molecule has 0 bridgehead atoms. The van der Waals surface area contributed by atoms with Crippen LogP contribution in [0.1, 0.15) is 58.3 Å². The molecule has 3 nitrogen and oxygen atoms in total. The molecule has 0 amide bonds. The van der Waals surface area contributed by atoms with Gasteiger partial charge in [-0.15, -0.1) is 0 Å². The van der Waals surface area contributed by atoms with Crippen LogP contribution < -0.4 is 0 Å². The lowest BCUT2D eigenvalue weighted by Crippen LogP contribution is -2.50. The van der Waals surface area contributed by atoms with Crippen molar-refractivity contribution in [2.75, 3.05) is 6.61 Å². The van der Waals surface area contributed by atoms with Crippen LogP contribution in [0.25, 0.3) is 0 Å². The summed E-state index contributed by atoms with van der Waals surface area (Å²) >= 11 is 0. The molecule has 5 fully saturated rings. The van der Waals surface area contributed by atoms with E-state index in [1.807, 2.05) is 0 Å². The molecule has 9 atom stereocenters. The second kappa shape index (κ2) is 5.28. The predicted octanol–water partition coefficient (Wildman–Crippen LogP) is 3.42. The molecule has 26 heavy (non-hydrogen) atoms. The fourth-order valence-corrected chi connectivity index (χ4v) is 8.46. The molecule has 0 aromatic rings. The molecule has 5 heteroatoms. The third kappa shape index (κ3) is 1.92. The van der Waals surface area contributed by atoms with Gasteiger partial charge in [-0.2, -0.15) is 0 Å². The van der Waals surface area contributed by atoms with Crippen LogP contribution in [0.15, 0.2) is 0 Å². The highest BCUT2D eigenvalue weighted by molar-refractivity contribution is 5.83. The van der Waals surface area contributed by atoms with Crippen LogP contribution in [-0.2, 0) is 4.79 Å². The molecule has 5 aliphatic carbocycles. The molecular formula is C21H30F2O3. The molecule has 0 heterocycles. The van der Waals surface area contributed by atoms with Gasteiger partial charge in [0, 0.05) is 5.92 Å². The quantitative estimate of drug-likeness (QED) is 0.785. The van der Waals surface area contributed by atoms with E-state index in [2.05, 4.69) is 6.92 Å². The van der Waals surface area contributed by atoms with Crippen molar-refractivity contribution in [1.82, 2.24) is 0 Å². The number of carbonyl (C=O) groups is 1. The third-order valence-corrected chi connectivity index (χ3v) is 9.66. The van der Waals surface area contributed by atoms with Gasteiger partial charge < -0.3 is 10.2 Å². The number of ketones is 1. The summed E-state index contributed by atoms with van der Waals surface area (Å²) in [6.07, 6.45) is 6.66. The van der Waals surface area contributed by atoms with Gasteiger partial charge in [-0.25, -0.2) is 8.78 Å². The standard InChI is InChI=1S/C21H30F2O3/c1-19-8-6-11-12-7-9-20(26)18(21(20,22)23)14(12)3-2-13(11)15(19)4-5-16(19)17(25)10-24/h11-16,18,24,26H,2-10H2,1H3/t11-,12-,13-,14-,15+,16-,18?,19+,20-/m1/s1. The van der Waals surface area contributed by atoms with Crippen LogP contribution >= 0.6 is 0 Å². The maximum atomic E-state index is 14.2. The summed E-state index contributed by atoms with van der Waals surface area (Å²) in [5.41, 5.74) is -1.73. The van der Waals surface area contributed by atoms with Crippen LogP contribution in [0.4, 0.5) is 8.78 Å². The summed E-state index contributed by atoms with van der Waals surface area (Å²) in [5.74, 6) is -1.92. The molecule has 5 rings (SSSR count). The Balaban J connectivity index is 1.39. The first-order valence-corrected chi connectivity index (χ1v) is 10.5. The minimum atomic E-state index is -2.88. The monoisotopic (exact) mass is 368 g/mol. The molecule has 0 radical (unpaired) electrons. The highest BCUT2D eigenvalue weighted by atomic mass is 19.3. The Bertz CT molecular complexity index is 637. The van der Waals surface area contributed by atoms with E-state index in [-0.39, 0.29) is 36.1 Å². The highest BCUT2D eigenvalue weighted by Gasteiger charge is 2.84. The number of alkyl halides is 2. The van der Waals surface area contributed by atoms with E-state index in [4.69, 9.17) is 0 Å². The number of hydrogen-bond acceptors (Lipinski definition) is 3. The molecule has 5 aliphatic rings. The van der Waals surface area contributed by atoms with Crippen LogP contribution in [0.5, 0.6) is 0 Å². The van der Waals surface area contributed by atoms with Crippen LogP contribution in [0, 0.1) is 46.8 Å². The van der Waals surface area contributed by atoms with Crippen molar-refractivity contribution < 1.29 is 23.8 Å². The first-order chi connectivity index (χ1) is 12.3. The molecule has 2 N–H and O–H groups in total. The van der Waals surface area contributed by atoms with E-state index in [1.165, 1.54) is 0 Å². The van der Waals surface area contributed by atoms with Gasteiger partial charge in [0.25, 0.3) is 5.92 Å². The van der Waals surface area contributed by atoms with Crippen molar-refractivity contribution >= 4 is 5.78 Å². The Morgan fingerprint density at radius 1 is 0.962 bits per heavy atom. The molecule has 5 saturated carbocycles. The van der Waals surface area contributed by atoms with Crippen molar-refractivity contribution in [3.63, 3.8) is 0 Å². The lowest BCUT2D eigenvalue weighted by molar-refractivity contribution is -0.133. The molecule has 0 saturated heterocycles. The number of aliphatic hydroxyl groups excluding tert-OH is 1. The smallest absolute Gasteiger partial charge is 0.282 e. The summed E-state index contributed by atoms with van der Waals surface area (Å²) in [5, 5.41) is 19.7. The van der Waals surface area contributed by atoms with E-state index < -0.39 is 17.4 Å². The number of halogens is 2. The van der Waals surface area contributed by atoms with Crippen LogP contribution in [0.2, 0.25) is 0 Å². The normalized spacial score (nSPS) is 56.7. The summed E-state index contributed by atoms with van der Waals surface area (Å²) < 4.78 is 28.4. The maximum absolute atomic E-state index is 14.2. The summed E-state index contributed by atoms with van der Waals surface area (Å²) in [4.78, 5) is 12.3. The van der Waals surface area contributed by atoms with Gasteiger partial charge >= 0.3 is 0 Å². The second-order valence-electron chi connectivity index (χ2n) is 10.2. The molecule has 1 unspecified atom stereocenters. The summed E-state index contributed by atoms with van der Waals surface area (Å²) in [6, 6.07) is 0. The summed E-state index contributed by atoms with van der Waals surface area (Å²) in [7, 11) is 0. The minimum Gasteiger partial charge on any atom is -0.389 e. The molecule has 0 aliphatic heterocycles. The van der Waals surface area contributed by atoms with E-state index in [9.17, 15) is 23.8 Å². The third-order valence-electron chi connectivity index (χ3n) is 9.66. The fraction of sp³-hybridized carbons (Fsp3) is 0.952. The number of Topliss-reactive ketones (excluding diaryl/α,β-unsaturated/α-hetero) is 1. The molecule has 0 aromatic carbocycles. The van der Waals surface area contributed by atoms with Gasteiger partial charge in [0.05, 0.1) is 5.92 Å². The fourth-order valence-electron chi connectivity index (χ4n) is 8.46. The minimum absolute atomic E-state index is 0.0116. The van der Waals surface area contributed by atoms with Crippen molar-refractivity contribution in [2.45, 2.75) is 69.8 Å². The predicted molar refractivity (Wildman–Crippen MR) is 91.5 cm³/mol. The lowest BCUT2D eigenvalue weighted by atomic mass is 9.49. The van der Waals surface area contributed by atoms with E-state index in [0.29, 0.717) is 23.7 Å². The Morgan fingerprint density at radius 3 is 2.35 bits per heavy atom. The van der Waals surface area contributed by atoms with Crippen LogP contribution in [-0.4, -0.2) is 34.1 Å². The molecule has 146 valence electrons. The van der Waals surface area contributed by atoms with E-state index >= 15 is 0 Å².